The van der Waals surface area contributed by atoms with Crippen molar-refractivity contribution in [3.8, 4) is 11.4 Å². The van der Waals surface area contributed by atoms with Gasteiger partial charge in [-0.1, -0.05) is 25.4 Å². The molecular formula is C24H25ClN4O4. The first-order chi connectivity index (χ1) is 15.9. The molecule has 0 unspecified atom stereocenters. The summed E-state index contributed by atoms with van der Waals surface area (Å²) < 4.78 is 5.29. The Kier molecular flexibility index (Phi) is 8.34. The van der Waals surface area contributed by atoms with Crippen molar-refractivity contribution in [1.82, 2.24) is 14.9 Å². The maximum Gasteiger partial charge on any atom is 0.338 e. The van der Waals surface area contributed by atoms with Crippen LogP contribution in [0.15, 0.2) is 59.5 Å². The summed E-state index contributed by atoms with van der Waals surface area (Å²) in [6.07, 6.45) is 1.22. The van der Waals surface area contributed by atoms with Crippen LogP contribution in [0, 0.1) is 0 Å². The molecule has 33 heavy (non-hydrogen) atoms. The number of carbonyl (C=O) groups is 2. The van der Waals surface area contributed by atoms with E-state index in [0.717, 1.165) is 13.1 Å². The van der Waals surface area contributed by atoms with Gasteiger partial charge in [-0.2, -0.15) is 0 Å². The van der Waals surface area contributed by atoms with Crippen LogP contribution in [0.3, 0.4) is 0 Å². The monoisotopic (exact) mass is 468 g/mol. The predicted molar refractivity (Wildman–Crippen MR) is 128 cm³/mol. The Morgan fingerprint density at radius 1 is 1.06 bits per heavy atom. The van der Waals surface area contributed by atoms with Gasteiger partial charge in [0.15, 0.2) is 0 Å². The molecule has 1 heterocycles. The van der Waals surface area contributed by atoms with Crippen molar-refractivity contribution in [2.75, 3.05) is 31.6 Å². The van der Waals surface area contributed by atoms with Gasteiger partial charge in [0, 0.05) is 29.0 Å². The quantitative estimate of drug-likeness (QED) is 0.462. The minimum absolute atomic E-state index is 0.132. The van der Waals surface area contributed by atoms with Gasteiger partial charge in [0.2, 0.25) is 0 Å². The number of likely N-dealkylation sites (N-methyl/N-ethyl adjacent to an activating group) is 1. The molecule has 0 aliphatic rings. The molecule has 0 atom stereocenters. The first-order valence-corrected chi connectivity index (χ1v) is 10.9. The molecule has 2 aromatic carbocycles. The van der Waals surface area contributed by atoms with E-state index < -0.39 is 17.4 Å². The Bertz CT molecular complexity index is 1160. The van der Waals surface area contributed by atoms with E-state index in [2.05, 4.69) is 34.0 Å². The van der Waals surface area contributed by atoms with Crippen LogP contribution in [0.1, 0.15) is 34.6 Å². The highest BCUT2D eigenvalue weighted by molar-refractivity contribution is 6.30. The lowest BCUT2D eigenvalue weighted by Crippen LogP contribution is -2.27. The number of aromatic nitrogens is 2. The summed E-state index contributed by atoms with van der Waals surface area (Å²) in [6, 6.07) is 13.1. The van der Waals surface area contributed by atoms with Gasteiger partial charge in [-0.15, -0.1) is 0 Å². The molecule has 0 radical (unpaired) electrons. The number of rotatable bonds is 9. The van der Waals surface area contributed by atoms with Crippen LogP contribution in [-0.2, 0) is 4.74 Å². The molecule has 9 heteroatoms. The average Bonchev–Trinajstić information content (AvgIpc) is 2.82. The Hall–Kier alpha value is -3.49. The molecule has 0 spiro atoms. The second-order valence-electron chi connectivity index (χ2n) is 7.18. The number of nitrogens with zero attached hydrogens (tertiary/aromatic N) is 2. The number of carbonyl (C=O) groups excluding carboxylic acids is 2. The number of hydrogen-bond donors (Lipinski definition) is 2. The van der Waals surface area contributed by atoms with Crippen molar-refractivity contribution >= 4 is 29.2 Å². The molecule has 0 aliphatic carbocycles. The predicted octanol–water partition coefficient (Wildman–Crippen LogP) is 3.84. The molecule has 2 N–H and O–H groups in total. The molecule has 1 amide bonds. The number of anilines is 1. The van der Waals surface area contributed by atoms with Gasteiger partial charge in [-0.25, -0.2) is 9.78 Å². The number of amides is 1. The third-order valence-electron chi connectivity index (χ3n) is 5.08. The lowest BCUT2D eigenvalue weighted by molar-refractivity contribution is 0.0466. The maximum absolute atomic E-state index is 12.5. The van der Waals surface area contributed by atoms with Crippen LogP contribution in [0.25, 0.3) is 11.4 Å². The van der Waals surface area contributed by atoms with Gasteiger partial charge in [-0.3, -0.25) is 9.59 Å². The maximum atomic E-state index is 12.5. The molecule has 172 valence electrons. The number of ether oxygens (including phenoxy) is 1. The fourth-order valence-electron chi connectivity index (χ4n) is 3.09. The van der Waals surface area contributed by atoms with Crippen LogP contribution in [-0.4, -0.2) is 53.0 Å². The summed E-state index contributed by atoms with van der Waals surface area (Å²) in [5, 5.41) is 3.20. The molecular weight excluding hydrogens is 444 g/mol. The summed E-state index contributed by atoms with van der Waals surface area (Å²) in [5.74, 6) is -0.712. The van der Waals surface area contributed by atoms with Crippen LogP contribution < -0.4 is 10.9 Å². The van der Waals surface area contributed by atoms with E-state index in [4.69, 9.17) is 16.3 Å². The molecule has 0 bridgehead atoms. The van der Waals surface area contributed by atoms with Crippen LogP contribution in [0.4, 0.5) is 5.69 Å². The Labute approximate surface area is 196 Å². The van der Waals surface area contributed by atoms with Crippen molar-refractivity contribution in [3.05, 3.63) is 81.2 Å². The van der Waals surface area contributed by atoms with Gasteiger partial charge in [0.1, 0.15) is 18.0 Å². The number of H-pyrrole nitrogens is 1. The zero-order valence-corrected chi connectivity index (χ0v) is 19.2. The van der Waals surface area contributed by atoms with Crippen molar-refractivity contribution in [2.24, 2.45) is 0 Å². The van der Waals surface area contributed by atoms with Crippen molar-refractivity contribution in [2.45, 2.75) is 13.8 Å². The fraction of sp³-hybridized carbons (Fsp3) is 0.250. The molecule has 0 saturated carbocycles. The first-order valence-electron chi connectivity index (χ1n) is 10.6. The standard InChI is InChI=1S/C24H25ClN4O4/c1-3-29(4-2)13-14-33-24(32)17-7-11-19(12-8-17)27-22(30)20-15-26-21(28-23(20)31)16-5-9-18(25)10-6-16/h5-12,15H,3-4,13-14H2,1-2H3,(H,27,30)(H,26,28,31). The van der Waals surface area contributed by atoms with E-state index >= 15 is 0 Å². The summed E-state index contributed by atoms with van der Waals surface area (Å²) in [7, 11) is 0. The summed E-state index contributed by atoms with van der Waals surface area (Å²) in [6.45, 7) is 6.87. The van der Waals surface area contributed by atoms with Crippen molar-refractivity contribution in [1.29, 1.82) is 0 Å². The molecule has 0 aliphatic heterocycles. The van der Waals surface area contributed by atoms with Gasteiger partial charge in [0.25, 0.3) is 11.5 Å². The van der Waals surface area contributed by atoms with Crippen LogP contribution >= 0.6 is 11.6 Å². The molecule has 8 nitrogen and oxygen atoms in total. The number of nitrogens with one attached hydrogen (secondary N) is 2. The number of esters is 1. The number of benzene rings is 2. The zero-order valence-electron chi connectivity index (χ0n) is 18.4. The highest BCUT2D eigenvalue weighted by atomic mass is 35.5. The van der Waals surface area contributed by atoms with Gasteiger partial charge < -0.3 is 19.9 Å². The molecule has 3 aromatic rings. The Morgan fingerprint density at radius 3 is 2.33 bits per heavy atom. The Balaban J connectivity index is 1.60. The number of hydrogen-bond acceptors (Lipinski definition) is 6. The average molecular weight is 469 g/mol. The van der Waals surface area contributed by atoms with Crippen molar-refractivity contribution in [3.63, 3.8) is 0 Å². The minimum atomic E-state index is -0.610. The topological polar surface area (TPSA) is 104 Å². The molecule has 3 rings (SSSR count). The zero-order chi connectivity index (χ0) is 23.8. The molecule has 0 fully saturated rings. The van der Waals surface area contributed by atoms with Gasteiger partial charge >= 0.3 is 5.97 Å². The Morgan fingerprint density at radius 2 is 1.73 bits per heavy atom. The van der Waals surface area contributed by atoms with Gasteiger partial charge in [-0.05, 0) is 61.6 Å². The first kappa shape index (κ1) is 24.2. The third kappa shape index (κ3) is 6.50. The van der Waals surface area contributed by atoms with E-state index in [1.807, 2.05) is 0 Å². The fourth-order valence-corrected chi connectivity index (χ4v) is 3.22. The van der Waals surface area contributed by atoms with Gasteiger partial charge in [0.05, 0.1) is 5.56 Å². The number of halogens is 1. The van der Waals surface area contributed by atoms with E-state index in [1.165, 1.54) is 6.20 Å². The normalized spacial score (nSPS) is 10.8. The molecule has 0 saturated heterocycles. The minimum Gasteiger partial charge on any atom is -0.461 e. The highest BCUT2D eigenvalue weighted by Gasteiger charge is 2.14. The van der Waals surface area contributed by atoms with Crippen LogP contribution in [0.5, 0.6) is 0 Å². The summed E-state index contributed by atoms with van der Waals surface area (Å²) in [5.41, 5.74) is 0.775. The SMILES string of the molecule is CCN(CC)CCOC(=O)c1ccc(NC(=O)c2cnc(-c3ccc(Cl)cc3)[nH]c2=O)cc1. The second-order valence-corrected chi connectivity index (χ2v) is 7.61. The van der Waals surface area contributed by atoms with E-state index in [-0.39, 0.29) is 5.56 Å². The summed E-state index contributed by atoms with van der Waals surface area (Å²) in [4.78, 5) is 46.0. The lowest BCUT2D eigenvalue weighted by atomic mass is 10.2. The van der Waals surface area contributed by atoms with E-state index in [1.54, 1.807) is 48.5 Å². The van der Waals surface area contributed by atoms with E-state index in [9.17, 15) is 14.4 Å². The number of aromatic amines is 1. The summed E-state index contributed by atoms with van der Waals surface area (Å²) >= 11 is 5.87. The second kappa shape index (κ2) is 11.4. The smallest absolute Gasteiger partial charge is 0.338 e. The third-order valence-corrected chi connectivity index (χ3v) is 5.33. The lowest BCUT2D eigenvalue weighted by Gasteiger charge is -2.17. The highest BCUT2D eigenvalue weighted by Crippen LogP contribution is 2.17. The largest absolute Gasteiger partial charge is 0.461 e. The van der Waals surface area contributed by atoms with E-state index in [0.29, 0.717) is 40.8 Å². The van der Waals surface area contributed by atoms with Crippen LogP contribution in [0.2, 0.25) is 5.02 Å². The molecule has 1 aromatic heterocycles. The van der Waals surface area contributed by atoms with Crippen molar-refractivity contribution < 1.29 is 14.3 Å².